The van der Waals surface area contributed by atoms with Crippen LogP contribution in [0.1, 0.15) is 16.7 Å². The molecule has 0 unspecified atom stereocenters. The third kappa shape index (κ3) is 6.97. The van der Waals surface area contributed by atoms with Crippen molar-refractivity contribution in [3.8, 4) is 11.5 Å². The van der Waals surface area contributed by atoms with Crippen molar-refractivity contribution >= 4 is 80.3 Å². The fraction of sp³-hybridized carbons (Fsp3) is 0.0645. The Morgan fingerprint density at radius 1 is 0.786 bits per heavy atom. The number of halogens is 4. The van der Waals surface area contributed by atoms with Crippen LogP contribution in [-0.2, 0) is 22.8 Å². The number of hydrogen-bond donors (Lipinski definition) is 1. The van der Waals surface area contributed by atoms with Crippen molar-refractivity contribution in [2.45, 2.75) is 13.2 Å². The van der Waals surface area contributed by atoms with Crippen molar-refractivity contribution in [3.05, 3.63) is 127 Å². The fourth-order valence-electron chi connectivity index (χ4n) is 4.04. The lowest BCUT2D eigenvalue weighted by Gasteiger charge is -2.26. The molecular formula is C31H20BrCl3N2O5. The SMILES string of the molecule is O=C1NC(=O)N(c2ccc(OCc3ccc(Cl)cc3)cc2)C(=O)/C1=C/c1cc(Br)ccc1OCc1ccc(Cl)cc1Cl. The van der Waals surface area contributed by atoms with Gasteiger partial charge in [0.1, 0.15) is 30.3 Å². The van der Waals surface area contributed by atoms with Crippen LogP contribution in [0.5, 0.6) is 11.5 Å². The number of carbonyl (C=O) groups excluding carboxylic acids is 3. The van der Waals surface area contributed by atoms with E-state index in [2.05, 4.69) is 21.2 Å². The number of carbonyl (C=O) groups is 3. The number of imide groups is 2. The summed E-state index contributed by atoms with van der Waals surface area (Å²) in [5, 5.41) is 3.80. The highest BCUT2D eigenvalue weighted by atomic mass is 79.9. The number of amides is 4. The molecule has 0 radical (unpaired) electrons. The highest BCUT2D eigenvalue weighted by Gasteiger charge is 2.37. The first kappa shape index (κ1) is 29.7. The molecule has 1 N–H and O–H groups in total. The summed E-state index contributed by atoms with van der Waals surface area (Å²) in [6.45, 7) is 0.424. The zero-order valence-electron chi connectivity index (χ0n) is 21.6. The predicted molar refractivity (Wildman–Crippen MR) is 166 cm³/mol. The van der Waals surface area contributed by atoms with Gasteiger partial charge in [-0.1, -0.05) is 68.9 Å². The minimum atomic E-state index is -0.861. The Hall–Kier alpha value is -3.82. The number of benzene rings is 4. The lowest BCUT2D eigenvalue weighted by molar-refractivity contribution is -0.122. The molecule has 1 aliphatic rings. The van der Waals surface area contributed by atoms with Gasteiger partial charge >= 0.3 is 6.03 Å². The van der Waals surface area contributed by atoms with Gasteiger partial charge in [-0.25, -0.2) is 9.69 Å². The van der Waals surface area contributed by atoms with Crippen LogP contribution < -0.4 is 19.7 Å². The molecule has 0 bridgehead atoms. The van der Waals surface area contributed by atoms with E-state index < -0.39 is 17.8 Å². The third-order valence-electron chi connectivity index (χ3n) is 6.19. The molecule has 212 valence electrons. The molecule has 42 heavy (non-hydrogen) atoms. The highest BCUT2D eigenvalue weighted by molar-refractivity contribution is 9.10. The number of anilines is 1. The summed E-state index contributed by atoms with van der Waals surface area (Å²) in [7, 11) is 0. The molecular weight excluding hydrogens is 667 g/mol. The summed E-state index contributed by atoms with van der Waals surface area (Å²) in [5.41, 5.74) is 2.08. The summed E-state index contributed by atoms with van der Waals surface area (Å²) >= 11 is 21.6. The normalized spacial score (nSPS) is 14.2. The number of barbiturate groups is 1. The van der Waals surface area contributed by atoms with E-state index in [4.69, 9.17) is 44.3 Å². The van der Waals surface area contributed by atoms with Crippen LogP contribution in [-0.4, -0.2) is 17.8 Å². The molecule has 1 aliphatic heterocycles. The fourth-order valence-corrected chi connectivity index (χ4v) is 5.01. The molecule has 0 saturated carbocycles. The zero-order valence-corrected chi connectivity index (χ0v) is 25.4. The molecule has 7 nitrogen and oxygen atoms in total. The first-order chi connectivity index (χ1) is 20.2. The van der Waals surface area contributed by atoms with Crippen LogP contribution in [0.15, 0.2) is 95.0 Å². The van der Waals surface area contributed by atoms with Crippen molar-refractivity contribution in [3.63, 3.8) is 0 Å². The Morgan fingerprint density at radius 3 is 2.21 bits per heavy atom. The predicted octanol–water partition coefficient (Wildman–Crippen LogP) is 8.23. The van der Waals surface area contributed by atoms with Gasteiger partial charge in [-0.3, -0.25) is 14.9 Å². The Bertz CT molecular complexity index is 1710. The van der Waals surface area contributed by atoms with Crippen molar-refractivity contribution in [2.75, 3.05) is 4.90 Å². The molecule has 0 aromatic heterocycles. The minimum Gasteiger partial charge on any atom is -0.489 e. The summed E-state index contributed by atoms with van der Waals surface area (Å²) in [6, 6.07) is 23.0. The van der Waals surface area contributed by atoms with Gasteiger partial charge in [0.2, 0.25) is 0 Å². The highest BCUT2D eigenvalue weighted by Crippen LogP contribution is 2.30. The van der Waals surface area contributed by atoms with Gasteiger partial charge in [-0.15, -0.1) is 0 Å². The molecule has 1 saturated heterocycles. The molecule has 4 aromatic carbocycles. The zero-order chi connectivity index (χ0) is 29.8. The number of nitrogens with zero attached hydrogens (tertiary/aromatic N) is 1. The van der Waals surface area contributed by atoms with E-state index in [1.165, 1.54) is 6.08 Å². The molecule has 5 rings (SSSR count). The molecule has 0 atom stereocenters. The van der Waals surface area contributed by atoms with Gasteiger partial charge < -0.3 is 9.47 Å². The number of hydrogen-bond acceptors (Lipinski definition) is 5. The van der Waals surface area contributed by atoms with Gasteiger partial charge in [-0.05, 0) is 78.4 Å². The third-order valence-corrected chi connectivity index (χ3v) is 7.52. The van der Waals surface area contributed by atoms with Crippen molar-refractivity contribution in [2.24, 2.45) is 0 Å². The topological polar surface area (TPSA) is 84.9 Å². The van der Waals surface area contributed by atoms with Crippen LogP contribution in [0.25, 0.3) is 6.08 Å². The standard InChI is InChI=1S/C31H20BrCl3N2O5/c32-21-4-12-28(42-17-19-3-7-23(34)15-27(19)35)20(13-21)14-26-29(38)36-31(40)37(30(26)39)24-8-10-25(11-9-24)41-16-18-1-5-22(33)6-2-18/h1-15H,16-17H2,(H,36,38,40)/b26-14+. The minimum absolute atomic E-state index is 0.116. The Kier molecular flexibility index (Phi) is 9.18. The lowest BCUT2D eigenvalue weighted by atomic mass is 10.1. The van der Waals surface area contributed by atoms with E-state index in [-0.39, 0.29) is 17.9 Å². The second-order valence-electron chi connectivity index (χ2n) is 9.07. The Morgan fingerprint density at radius 2 is 1.50 bits per heavy atom. The van der Waals surface area contributed by atoms with Crippen molar-refractivity contribution in [1.82, 2.24) is 5.32 Å². The van der Waals surface area contributed by atoms with Crippen LogP contribution in [0.3, 0.4) is 0 Å². The number of nitrogens with one attached hydrogen (secondary N) is 1. The number of ether oxygens (including phenoxy) is 2. The monoisotopic (exact) mass is 684 g/mol. The maximum Gasteiger partial charge on any atom is 0.335 e. The van der Waals surface area contributed by atoms with E-state index in [0.29, 0.717) is 48.8 Å². The average Bonchev–Trinajstić information content (AvgIpc) is 2.96. The van der Waals surface area contributed by atoms with Crippen molar-refractivity contribution < 1.29 is 23.9 Å². The lowest BCUT2D eigenvalue weighted by Crippen LogP contribution is -2.54. The maximum absolute atomic E-state index is 13.5. The molecule has 1 heterocycles. The smallest absolute Gasteiger partial charge is 0.335 e. The van der Waals surface area contributed by atoms with Gasteiger partial charge in [0.15, 0.2) is 0 Å². The number of rotatable bonds is 8. The van der Waals surface area contributed by atoms with E-state index in [9.17, 15) is 14.4 Å². The van der Waals surface area contributed by atoms with E-state index in [1.807, 2.05) is 12.1 Å². The van der Waals surface area contributed by atoms with Crippen LogP contribution in [0, 0.1) is 0 Å². The second-order valence-corrected chi connectivity index (χ2v) is 11.3. The Balaban J connectivity index is 1.36. The second kappa shape index (κ2) is 13.0. The van der Waals surface area contributed by atoms with E-state index in [1.54, 1.807) is 72.8 Å². The first-order valence-corrected chi connectivity index (χ1v) is 14.4. The van der Waals surface area contributed by atoms with Gasteiger partial charge in [-0.2, -0.15) is 0 Å². The molecule has 0 spiro atoms. The average molecular weight is 687 g/mol. The van der Waals surface area contributed by atoms with Crippen LogP contribution >= 0.6 is 50.7 Å². The summed E-state index contributed by atoms with van der Waals surface area (Å²) in [5.74, 6) is -0.689. The molecule has 11 heteroatoms. The summed E-state index contributed by atoms with van der Waals surface area (Å²) in [4.78, 5) is 39.9. The summed E-state index contributed by atoms with van der Waals surface area (Å²) in [6.07, 6.45) is 1.38. The molecule has 1 fully saturated rings. The first-order valence-electron chi connectivity index (χ1n) is 12.4. The van der Waals surface area contributed by atoms with Crippen LogP contribution in [0.4, 0.5) is 10.5 Å². The molecule has 4 amide bonds. The largest absolute Gasteiger partial charge is 0.489 e. The molecule has 4 aromatic rings. The van der Waals surface area contributed by atoms with Gasteiger partial charge in [0, 0.05) is 30.7 Å². The Labute approximate surface area is 264 Å². The number of urea groups is 1. The molecule has 0 aliphatic carbocycles. The summed E-state index contributed by atoms with van der Waals surface area (Å²) < 4.78 is 12.5. The van der Waals surface area contributed by atoms with Gasteiger partial charge in [0.25, 0.3) is 11.8 Å². The van der Waals surface area contributed by atoms with Crippen molar-refractivity contribution in [1.29, 1.82) is 0 Å². The van der Waals surface area contributed by atoms with E-state index in [0.717, 1.165) is 10.5 Å². The maximum atomic E-state index is 13.5. The van der Waals surface area contributed by atoms with Crippen LogP contribution in [0.2, 0.25) is 15.1 Å². The quantitative estimate of drug-likeness (QED) is 0.149. The van der Waals surface area contributed by atoms with Gasteiger partial charge in [0.05, 0.1) is 5.69 Å². The van der Waals surface area contributed by atoms with E-state index >= 15 is 0 Å².